The van der Waals surface area contributed by atoms with Crippen LogP contribution in [0.3, 0.4) is 0 Å². The van der Waals surface area contributed by atoms with Gasteiger partial charge in [0.15, 0.2) is 0 Å². The third-order valence-corrected chi connectivity index (χ3v) is 6.42. The monoisotopic (exact) mass is 446 g/mol. The topological polar surface area (TPSA) is 49.4 Å². The van der Waals surface area contributed by atoms with Crippen molar-refractivity contribution in [1.29, 1.82) is 0 Å². The minimum atomic E-state index is -0.585. The molecule has 160 valence electrons. The average molecular weight is 447 g/mol. The van der Waals surface area contributed by atoms with Crippen LogP contribution in [0.1, 0.15) is 49.3 Å². The van der Waals surface area contributed by atoms with Crippen molar-refractivity contribution in [1.82, 2.24) is 10.2 Å². The number of amides is 2. The van der Waals surface area contributed by atoms with E-state index in [4.69, 9.17) is 23.2 Å². The Morgan fingerprint density at radius 1 is 1.03 bits per heavy atom. The zero-order valence-electron chi connectivity index (χ0n) is 17.5. The van der Waals surface area contributed by atoms with Crippen molar-refractivity contribution in [3.63, 3.8) is 0 Å². The quantitative estimate of drug-likeness (QED) is 0.625. The van der Waals surface area contributed by atoms with Crippen LogP contribution in [0.4, 0.5) is 0 Å². The number of benzene rings is 2. The van der Waals surface area contributed by atoms with Crippen molar-refractivity contribution in [2.45, 2.75) is 64.6 Å². The Labute approximate surface area is 188 Å². The molecule has 1 aliphatic rings. The highest BCUT2D eigenvalue weighted by molar-refractivity contribution is 6.42. The Hall–Kier alpha value is -2.04. The second-order valence-corrected chi connectivity index (χ2v) is 8.91. The van der Waals surface area contributed by atoms with Gasteiger partial charge < -0.3 is 10.2 Å². The van der Waals surface area contributed by atoms with Crippen LogP contribution in [0.5, 0.6) is 0 Å². The molecule has 0 saturated heterocycles. The molecule has 2 aromatic rings. The van der Waals surface area contributed by atoms with E-state index >= 15 is 0 Å². The molecule has 2 aromatic carbocycles. The van der Waals surface area contributed by atoms with Gasteiger partial charge in [-0.05, 0) is 49.9 Å². The van der Waals surface area contributed by atoms with Crippen LogP contribution in [-0.2, 0) is 22.6 Å². The number of nitrogens with zero attached hydrogens (tertiary/aromatic N) is 1. The fourth-order valence-corrected chi connectivity index (χ4v) is 4.11. The first-order chi connectivity index (χ1) is 14.3. The molecule has 1 N–H and O–H groups in total. The van der Waals surface area contributed by atoms with Crippen LogP contribution in [0, 0.1) is 6.92 Å². The van der Waals surface area contributed by atoms with Crippen LogP contribution in [0.25, 0.3) is 0 Å². The average Bonchev–Trinajstić information content (AvgIpc) is 3.23. The molecule has 0 aromatic heterocycles. The molecule has 6 heteroatoms. The molecule has 0 bridgehead atoms. The summed E-state index contributed by atoms with van der Waals surface area (Å²) in [6.07, 6.45) is 4.52. The van der Waals surface area contributed by atoms with E-state index in [9.17, 15) is 9.59 Å². The van der Waals surface area contributed by atoms with Gasteiger partial charge in [0, 0.05) is 12.6 Å². The fraction of sp³-hybridized carbons (Fsp3) is 0.417. The van der Waals surface area contributed by atoms with E-state index in [0.717, 1.165) is 42.4 Å². The minimum absolute atomic E-state index is 0.0982. The largest absolute Gasteiger partial charge is 0.352 e. The van der Waals surface area contributed by atoms with Gasteiger partial charge in [-0.2, -0.15) is 0 Å². The molecule has 1 atom stereocenters. The molecular weight excluding hydrogens is 419 g/mol. The lowest BCUT2D eigenvalue weighted by atomic mass is 10.1. The zero-order chi connectivity index (χ0) is 21.7. The highest BCUT2D eigenvalue weighted by atomic mass is 35.5. The Balaban J connectivity index is 1.78. The third-order valence-electron chi connectivity index (χ3n) is 5.68. The molecule has 0 aliphatic heterocycles. The first-order valence-electron chi connectivity index (χ1n) is 10.4. The number of carbonyl (C=O) groups is 2. The van der Waals surface area contributed by atoms with Crippen LogP contribution in [0.15, 0.2) is 42.5 Å². The van der Waals surface area contributed by atoms with E-state index in [1.165, 1.54) is 0 Å². The zero-order valence-corrected chi connectivity index (χ0v) is 19.0. The van der Waals surface area contributed by atoms with Crippen molar-refractivity contribution >= 4 is 35.0 Å². The lowest BCUT2D eigenvalue weighted by molar-refractivity contribution is -0.140. The highest BCUT2D eigenvalue weighted by Gasteiger charge is 2.28. The van der Waals surface area contributed by atoms with E-state index < -0.39 is 6.04 Å². The number of carbonyl (C=O) groups excluding carboxylic acids is 2. The summed E-state index contributed by atoms with van der Waals surface area (Å²) in [6, 6.07) is 12.8. The maximum absolute atomic E-state index is 13.2. The molecule has 2 amide bonds. The number of halogens is 2. The summed E-state index contributed by atoms with van der Waals surface area (Å²) in [5, 5.41) is 4.01. The van der Waals surface area contributed by atoms with Gasteiger partial charge in [0.1, 0.15) is 6.04 Å². The molecule has 1 saturated carbocycles. The molecule has 1 fully saturated rings. The van der Waals surface area contributed by atoms with Crippen molar-refractivity contribution in [2.24, 2.45) is 0 Å². The van der Waals surface area contributed by atoms with Gasteiger partial charge in [0.05, 0.1) is 16.5 Å². The number of nitrogens with one attached hydrogen (secondary N) is 1. The summed E-state index contributed by atoms with van der Waals surface area (Å²) >= 11 is 12.2. The number of hydrogen-bond acceptors (Lipinski definition) is 2. The predicted octanol–water partition coefficient (Wildman–Crippen LogP) is 5.32. The van der Waals surface area contributed by atoms with Gasteiger partial charge in [0.2, 0.25) is 11.8 Å². The maximum Gasteiger partial charge on any atom is 0.242 e. The van der Waals surface area contributed by atoms with Crippen molar-refractivity contribution < 1.29 is 9.59 Å². The Morgan fingerprint density at radius 2 is 1.67 bits per heavy atom. The summed E-state index contributed by atoms with van der Waals surface area (Å²) in [4.78, 5) is 27.8. The molecular formula is C24H28Cl2N2O2. The molecule has 0 spiro atoms. The molecule has 0 heterocycles. The number of rotatable bonds is 7. The first kappa shape index (κ1) is 22.6. The maximum atomic E-state index is 13.2. The number of aryl methyl sites for hydroxylation is 1. The van der Waals surface area contributed by atoms with Gasteiger partial charge in [-0.3, -0.25) is 9.59 Å². The molecule has 1 aliphatic carbocycles. The van der Waals surface area contributed by atoms with Gasteiger partial charge in [0.25, 0.3) is 0 Å². The highest BCUT2D eigenvalue weighted by Crippen LogP contribution is 2.24. The fourth-order valence-electron chi connectivity index (χ4n) is 3.79. The van der Waals surface area contributed by atoms with Gasteiger partial charge in [-0.15, -0.1) is 0 Å². The van der Waals surface area contributed by atoms with Crippen molar-refractivity contribution in [2.75, 3.05) is 0 Å². The smallest absolute Gasteiger partial charge is 0.242 e. The summed E-state index contributed by atoms with van der Waals surface area (Å²) in [6.45, 7) is 4.09. The lowest BCUT2D eigenvalue weighted by Gasteiger charge is -2.30. The van der Waals surface area contributed by atoms with E-state index in [-0.39, 0.29) is 24.3 Å². The summed E-state index contributed by atoms with van der Waals surface area (Å²) in [5.74, 6) is -0.210. The van der Waals surface area contributed by atoms with Gasteiger partial charge >= 0.3 is 0 Å². The minimum Gasteiger partial charge on any atom is -0.352 e. The second-order valence-electron chi connectivity index (χ2n) is 8.10. The van der Waals surface area contributed by atoms with Gasteiger partial charge in [-0.1, -0.05) is 71.9 Å². The standard InChI is InChI=1S/C24H28Cl2N2O2/c1-16-7-9-18(10-8-16)14-23(29)28(15-19-11-12-21(25)22(26)13-19)17(2)24(30)27-20-5-3-4-6-20/h7-13,17,20H,3-6,14-15H2,1-2H3,(H,27,30). The third kappa shape index (κ3) is 5.99. The Bertz CT molecular complexity index is 893. The SMILES string of the molecule is Cc1ccc(CC(=O)N(Cc2ccc(Cl)c(Cl)c2)C(C)C(=O)NC2CCCC2)cc1. The van der Waals surface area contributed by atoms with Crippen LogP contribution >= 0.6 is 23.2 Å². The molecule has 0 radical (unpaired) electrons. The normalized spacial score (nSPS) is 15.1. The van der Waals surface area contributed by atoms with E-state index in [2.05, 4.69) is 5.32 Å². The molecule has 30 heavy (non-hydrogen) atoms. The number of hydrogen-bond donors (Lipinski definition) is 1. The summed E-state index contributed by atoms with van der Waals surface area (Å²) in [7, 11) is 0. The summed E-state index contributed by atoms with van der Waals surface area (Å²) in [5.41, 5.74) is 2.90. The van der Waals surface area contributed by atoms with Crippen molar-refractivity contribution in [3.8, 4) is 0 Å². The van der Waals surface area contributed by atoms with Crippen LogP contribution in [-0.4, -0.2) is 28.8 Å². The van der Waals surface area contributed by atoms with E-state index in [0.29, 0.717) is 16.6 Å². The first-order valence-corrected chi connectivity index (χ1v) is 11.2. The van der Waals surface area contributed by atoms with Gasteiger partial charge in [-0.25, -0.2) is 0 Å². The Morgan fingerprint density at radius 3 is 2.30 bits per heavy atom. The Kier molecular flexibility index (Phi) is 7.79. The van der Waals surface area contributed by atoms with Crippen LogP contribution in [0.2, 0.25) is 10.0 Å². The molecule has 1 unspecified atom stereocenters. The molecule has 4 nitrogen and oxygen atoms in total. The lowest BCUT2D eigenvalue weighted by Crippen LogP contribution is -2.50. The van der Waals surface area contributed by atoms with Crippen LogP contribution < -0.4 is 5.32 Å². The second kappa shape index (κ2) is 10.3. The summed E-state index contributed by atoms with van der Waals surface area (Å²) < 4.78 is 0. The van der Waals surface area contributed by atoms with Crippen molar-refractivity contribution in [3.05, 3.63) is 69.2 Å². The molecule has 3 rings (SSSR count). The predicted molar refractivity (Wildman–Crippen MR) is 122 cm³/mol. The van der Waals surface area contributed by atoms with E-state index in [1.807, 2.05) is 37.3 Å². The van der Waals surface area contributed by atoms with E-state index in [1.54, 1.807) is 24.0 Å².